The van der Waals surface area contributed by atoms with Crippen LogP contribution in [0.15, 0.2) is 17.4 Å². The van der Waals surface area contributed by atoms with E-state index >= 15 is 0 Å². The Morgan fingerprint density at radius 2 is 2.00 bits per heavy atom. The van der Waals surface area contributed by atoms with Crippen molar-refractivity contribution in [1.29, 1.82) is 5.41 Å². The van der Waals surface area contributed by atoms with Crippen LogP contribution in [0, 0.1) is 5.41 Å². The van der Waals surface area contributed by atoms with Crippen molar-refractivity contribution in [3.63, 3.8) is 0 Å². The van der Waals surface area contributed by atoms with Gasteiger partial charge in [0.25, 0.3) is 0 Å². The van der Waals surface area contributed by atoms with Crippen LogP contribution in [0.1, 0.15) is 40.0 Å². The highest BCUT2D eigenvalue weighted by atomic mass is 14.4. The molecular weight excluding hydrogens is 134 g/mol. The maximum Gasteiger partial charge on any atom is 0.00583 e. The molecular formula is C10H17N. The van der Waals surface area contributed by atoms with Gasteiger partial charge in [0.2, 0.25) is 0 Å². The predicted molar refractivity (Wildman–Crippen MR) is 50.2 cm³/mol. The average molecular weight is 151 g/mol. The molecule has 11 heavy (non-hydrogen) atoms. The zero-order valence-electron chi connectivity index (χ0n) is 7.70. The molecule has 0 aliphatic rings. The minimum absolute atomic E-state index is 0.774. The predicted octanol–water partition coefficient (Wildman–Crippen LogP) is 3.32. The molecule has 0 unspecified atom stereocenters. The minimum Gasteiger partial charge on any atom is -0.310 e. The van der Waals surface area contributed by atoms with Crippen molar-refractivity contribution in [2.24, 2.45) is 0 Å². The van der Waals surface area contributed by atoms with Gasteiger partial charge in [0, 0.05) is 5.71 Å². The van der Waals surface area contributed by atoms with E-state index in [1.54, 1.807) is 0 Å². The van der Waals surface area contributed by atoms with E-state index < -0.39 is 0 Å². The van der Waals surface area contributed by atoms with Crippen LogP contribution in [0.3, 0.4) is 0 Å². The summed E-state index contributed by atoms with van der Waals surface area (Å²) in [4.78, 5) is 0. The average Bonchev–Trinajstić information content (AvgIpc) is 1.85. The lowest BCUT2D eigenvalue weighted by atomic mass is 10.2. The Morgan fingerprint density at radius 3 is 2.45 bits per heavy atom. The molecule has 0 aromatic heterocycles. The first-order chi connectivity index (χ1) is 5.13. The molecule has 0 heterocycles. The lowest BCUT2D eigenvalue weighted by Gasteiger charge is -1.91. The molecule has 0 atom stereocenters. The van der Waals surface area contributed by atoms with Gasteiger partial charge in [-0.15, -0.1) is 5.73 Å². The van der Waals surface area contributed by atoms with Crippen molar-refractivity contribution in [1.82, 2.24) is 0 Å². The SMILES string of the molecule is CC(=N)CCCC=C=C(C)C. The number of nitrogens with one attached hydrogen (secondary N) is 1. The fourth-order valence-corrected chi connectivity index (χ4v) is 0.746. The van der Waals surface area contributed by atoms with Gasteiger partial charge in [-0.3, -0.25) is 0 Å². The summed E-state index contributed by atoms with van der Waals surface area (Å²) in [6.45, 7) is 5.93. The van der Waals surface area contributed by atoms with Crippen molar-refractivity contribution in [3.05, 3.63) is 17.4 Å². The van der Waals surface area contributed by atoms with E-state index in [1.807, 2.05) is 20.8 Å². The highest BCUT2D eigenvalue weighted by Crippen LogP contribution is 1.97. The number of rotatable bonds is 4. The molecule has 0 aromatic carbocycles. The summed E-state index contributed by atoms with van der Waals surface area (Å²) >= 11 is 0. The van der Waals surface area contributed by atoms with Crippen LogP contribution in [0.5, 0.6) is 0 Å². The fraction of sp³-hybridized carbons (Fsp3) is 0.600. The van der Waals surface area contributed by atoms with E-state index in [0.717, 1.165) is 25.0 Å². The zero-order valence-corrected chi connectivity index (χ0v) is 7.70. The van der Waals surface area contributed by atoms with E-state index in [1.165, 1.54) is 5.57 Å². The summed E-state index contributed by atoms with van der Waals surface area (Å²) < 4.78 is 0. The smallest absolute Gasteiger partial charge is 0.00583 e. The third-order valence-electron chi connectivity index (χ3n) is 1.29. The van der Waals surface area contributed by atoms with Gasteiger partial charge < -0.3 is 5.41 Å². The van der Waals surface area contributed by atoms with Crippen LogP contribution in [-0.4, -0.2) is 5.71 Å². The molecule has 0 rings (SSSR count). The molecule has 0 saturated carbocycles. The van der Waals surface area contributed by atoms with Gasteiger partial charge in [-0.05, 0) is 51.7 Å². The summed E-state index contributed by atoms with van der Waals surface area (Å²) in [5.41, 5.74) is 5.13. The van der Waals surface area contributed by atoms with Crippen LogP contribution in [0.4, 0.5) is 0 Å². The van der Waals surface area contributed by atoms with Gasteiger partial charge in [0.15, 0.2) is 0 Å². The maximum atomic E-state index is 7.17. The number of allylic oxidation sites excluding steroid dienone is 1. The molecule has 1 heteroatoms. The lowest BCUT2D eigenvalue weighted by Crippen LogP contribution is -1.85. The Kier molecular flexibility index (Phi) is 5.50. The van der Waals surface area contributed by atoms with Crippen molar-refractivity contribution in [2.45, 2.75) is 40.0 Å². The van der Waals surface area contributed by atoms with Crippen LogP contribution in [0.25, 0.3) is 0 Å². The summed E-state index contributed by atoms with van der Waals surface area (Å²) in [5, 5.41) is 7.17. The molecule has 0 aromatic rings. The summed E-state index contributed by atoms with van der Waals surface area (Å²) in [6, 6.07) is 0. The van der Waals surface area contributed by atoms with E-state index in [9.17, 15) is 0 Å². The van der Waals surface area contributed by atoms with Crippen molar-refractivity contribution in [3.8, 4) is 0 Å². The normalized spacial score (nSPS) is 8.64. The third-order valence-corrected chi connectivity index (χ3v) is 1.29. The van der Waals surface area contributed by atoms with E-state index in [0.29, 0.717) is 0 Å². The monoisotopic (exact) mass is 151 g/mol. The number of hydrogen-bond acceptors (Lipinski definition) is 1. The molecule has 0 bridgehead atoms. The van der Waals surface area contributed by atoms with Crippen molar-refractivity contribution in [2.75, 3.05) is 0 Å². The van der Waals surface area contributed by atoms with Crippen LogP contribution < -0.4 is 0 Å². The fourth-order valence-electron chi connectivity index (χ4n) is 0.746. The minimum atomic E-state index is 0.774. The summed E-state index contributed by atoms with van der Waals surface area (Å²) in [5.74, 6) is 0. The lowest BCUT2D eigenvalue weighted by molar-refractivity contribution is 0.887. The van der Waals surface area contributed by atoms with Crippen LogP contribution in [0.2, 0.25) is 0 Å². The molecule has 1 nitrogen and oxygen atoms in total. The Bertz CT molecular complexity index is 179. The molecule has 0 fully saturated rings. The maximum absolute atomic E-state index is 7.17. The first-order valence-electron chi connectivity index (χ1n) is 4.05. The Labute approximate surface area is 69.3 Å². The quantitative estimate of drug-likeness (QED) is 0.362. The second-order valence-electron chi connectivity index (χ2n) is 3.02. The van der Waals surface area contributed by atoms with Crippen LogP contribution in [-0.2, 0) is 0 Å². The van der Waals surface area contributed by atoms with E-state index in [-0.39, 0.29) is 0 Å². The second-order valence-corrected chi connectivity index (χ2v) is 3.02. The highest BCUT2D eigenvalue weighted by Gasteiger charge is 1.85. The van der Waals surface area contributed by atoms with E-state index in [4.69, 9.17) is 5.41 Å². The molecule has 0 amide bonds. The number of unbranched alkanes of at least 4 members (excludes halogenated alkanes) is 1. The largest absolute Gasteiger partial charge is 0.310 e. The Hall–Kier alpha value is -0.810. The zero-order chi connectivity index (χ0) is 8.69. The first-order valence-corrected chi connectivity index (χ1v) is 4.05. The van der Waals surface area contributed by atoms with Crippen molar-refractivity contribution < 1.29 is 0 Å². The third kappa shape index (κ3) is 9.19. The van der Waals surface area contributed by atoms with Gasteiger partial charge in [0.05, 0.1) is 0 Å². The summed E-state index contributed by atoms with van der Waals surface area (Å²) in [6.07, 6.45) is 5.09. The topological polar surface area (TPSA) is 23.9 Å². The van der Waals surface area contributed by atoms with E-state index in [2.05, 4.69) is 11.8 Å². The Balaban J connectivity index is 3.43. The second kappa shape index (κ2) is 5.94. The highest BCUT2D eigenvalue weighted by molar-refractivity contribution is 5.78. The van der Waals surface area contributed by atoms with Gasteiger partial charge in [-0.25, -0.2) is 0 Å². The molecule has 0 aliphatic carbocycles. The molecule has 62 valence electrons. The first kappa shape index (κ1) is 10.2. The van der Waals surface area contributed by atoms with Gasteiger partial charge in [0.1, 0.15) is 0 Å². The van der Waals surface area contributed by atoms with Crippen LogP contribution >= 0.6 is 0 Å². The standard InChI is InChI=1S/C10H17N/c1-9(2)7-5-4-6-8-10(3)11/h5,11H,4,6,8H2,1-3H3. The molecule has 0 radical (unpaired) electrons. The van der Waals surface area contributed by atoms with Gasteiger partial charge >= 0.3 is 0 Å². The van der Waals surface area contributed by atoms with Gasteiger partial charge in [-0.2, -0.15) is 0 Å². The molecule has 0 spiro atoms. The summed E-state index contributed by atoms with van der Waals surface area (Å²) in [7, 11) is 0. The molecule has 0 aliphatic heterocycles. The Morgan fingerprint density at radius 1 is 1.36 bits per heavy atom. The number of hydrogen-bond donors (Lipinski definition) is 1. The molecule has 1 N–H and O–H groups in total. The molecule has 0 saturated heterocycles. The van der Waals surface area contributed by atoms with Crippen molar-refractivity contribution >= 4 is 5.71 Å². The van der Waals surface area contributed by atoms with Gasteiger partial charge in [-0.1, -0.05) is 0 Å².